The van der Waals surface area contributed by atoms with Crippen LogP contribution in [0.5, 0.6) is 0 Å². The molecule has 0 N–H and O–H groups in total. The minimum absolute atomic E-state index is 0.00574. The molecule has 152 valence electrons. The standard InChI is InChI=1S/2C10H16Cl2O/c1-3-9(11)5-7-13-8-6-10(12)4-2;11-7-3-1-5-9-13-10-6-2-4-8-12/h3-4,9-10H,1-2,5-8H2;1-4H,5-10H2/b;3-1+,4-2+. The number of hydrogen-bond acceptors (Lipinski definition) is 2. The zero-order valence-corrected chi connectivity index (χ0v) is 18.5. The van der Waals surface area contributed by atoms with Crippen molar-refractivity contribution in [2.24, 2.45) is 0 Å². The van der Waals surface area contributed by atoms with Gasteiger partial charge in [0.05, 0.1) is 24.0 Å². The molecule has 0 spiro atoms. The first-order chi connectivity index (χ1) is 12.6. The molecule has 0 aliphatic rings. The van der Waals surface area contributed by atoms with E-state index in [1.54, 1.807) is 12.2 Å². The Bertz CT molecular complexity index is 328. The Balaban J connectivity index is 0. The summed E-state index contributed by atoms with van der Waals surface area (Å²) in [5, 5.41) is 0.0115. The van der Waals surface area contributed by atoms with Crippen LogP contribution in [0.2, 0.25) is 0 Å². The van der Waals surface area contributed by atoms with Crippen molar-refractivity contribution in [2.45, 2.75) is 36.4 Å². The Morgan fingerprint density at radius 3 is 1.38 bits per heavy atom. The Hall–Kier alpha value is 0.0400. The second-order valence-corrected chi connectivity index (χ2v) is 6.87. The molecular formula is C20H32Cl4O2. The Morgan fingerprint density at radius 1 is 0.654 bits per heavy atom. The van der Waals surface area contributed by atoms with Gasteiger partial charge in [0.25, 0.3) is 0 Å². The molecule has 0 aromatic rings. The summed E-state index contributed by atoms with van der Waals surface area (Å²) in [7, 11) is 0. The lowest BCUT2D eigenvalue weighted by Gasteiger charge is -2.06. The lowest BCUT2D eigenvalue weighted by atomic mass is 10.3. The summed E-state index contributed by atoms with van der Waals surface area (Å²) in [6.45, 7) is 10.00. The SMILES string of the molecule is C=CC(Cl)CCOCCC(Cl)C=C.ClC/C=C/CCOCC/C=C/CCl. The molecular weight excluding hydrogens is 414 g/mol. The van der Waals surface area contributed by atoms with Gasteiger partial charge in [-0.15, -0.1) is 59.6 Å². The van der Waals surface area contributed by atoms with Crippen LogP contribution >= 0.6 is 46.4 Å². The molecule has 0 radical (unpaired) electrons. The zero-order valence-electron chi connectivity index (χ0n) is 15.4. The Kier molecular flexibility index (Phi) is 27.2. The average Bonchev–Trinajstić information content (AvgIpc) is 2.66. The summed E-state index contributed by atoms with van der Waals surface area (Å²) in [5.74, 6) is 1.16. The highest BCUT2D eigenvalue weighted by molar-refractivity contribution is 6.22. The Morgan fingerprint density at radius 2 is 1.04 bits per heavy atom. The first-order valence-electron chi connectivity index (χ1n) is 8.72. The highest BCUT2D eigenvalue weighted by Crippen LogP contribution is 2.05. The molecule has 2 unspecified atom stereocenters. The van der Waals surface area contributed by atoms with Crippen LogP contribution in [0.25, 0.3) is 0 Å². The first kappa shape index (κ1) is 28.3. The second-order valence-electron chi connectivity index (χ2n) is 5.13. The van der Waals surface area contributed by atoms with Gasteiger partial charge in [0.1, 0.15) is 0 Å². The number of allylic oxidation sites excluding steroid dienone is 4. The third-order valence-electron chi connectivity index (χ3n) is 2.96. The topological polar surface area (TPSA) is 18.5 Å². The quantitative estimate of drug-likeness (QED) is 0.149. The molecule has 0 aliphatic carbocycles. The zero-order chi connectivity index (χ0) is 19.9. The van der Waals surface area contributed by atoms with Crippen LogP contribution in [-0.2, 0) is 9.47 Å². The van der Waals surface area contributed by atoms with Crippen molar-refractivity contribution in [3.63, 3.8) is 0 Å². The number of hydrogen-bond donors (Lipinski definition) is 0. The van der Waals surface area contributed by atoms with Crippen molar-refractivity contribution in [1.82, 2.24) is 0 Å². The van der Waals surface area contributed by atoms with Crippen molar-refractivity contribution in [1.29, 1.82) is 0 Å². The third kappa shape index (κ3) is 26.3. The van der Waals surface area contributed by atoms with Gasteiger partial charge in [-0.05, 0) is 25.7 Å². The normalized spacial score (nSPS) is 13.4. The lowest BCUT2D eigenvalue weighted by Crippen LogP contribution is -2.05. The summed E-state index contributed by atoms with van der Waals surface area (Å²) < 4.78 is 10.7. The molecule has 0 aromatic carbocycles. The van der Waals surface area contributed by atoms with Crippen molar-refractivity contribution in [3.8, 4) is 0 Å². The van der Waals surface area contributed by atoms with E-state index < -0.39 is 0 Å². The van der Waals surface area contributed by atoms with E-state index in [2.05, 4.69) is 13.2 Å². The van der Waals surface area contributed by atoms with Crippen molar-refractivity contribution in [3.05, 3.63) is 49.6 Å². The second kappa shape index (κ2) is 25.0. The van der Waals surface area contributed by atoms with Gasteiger partial charge in [0.15, 0.2) is 0 Å². The van der Waals surface area contributed by atoms with Gasteiger partial charge in [0.2, 0.25) is 0 Å². The maximum Gasteiger partial charge on any atom is 0.0535 e. The van der Waals surface area contributed by atoms with E-state index in [0.29, 0.717) is 25.0 Å². The fourth-order valence-electron chi connectivity index (χ4n) is 1.50. The molecule has 6 heteroatoms. The minimum Gasteiger partial charge on any atom is -0.381 e. The highest BCUT2D eigenvalue weighted by Gasteiger charge is 2.00. The fraction of sp³-hybridized carbons (Fsp3) is 0.600. The maximum atomic E-state index is 5.79. The molecule has 2 atom stereocenters. The van der Waals surface area contributed by atoms with Crippen LogP contribution in [0.15, 0.2) is 49.6 Å². The molecule has 0 rings (SSSR count). The van der Waals surface area contributed by atoms with Gasteiger partial charge in [-0.1, -0.05) is 36.5 Å². The number of ether oxygens (including phenoxy) is 2. The van der Waals surface area contributed by atoms with Crippen LogP contribution in [-0.4, -0.2) is 48.9 Å². The van der Waals surface area contributed by atoms with Crippen molar-refractivity contribution in [2.75, 3.05) is 38.2 Å². The monoisotopic (exact) mass is 444 g/mol. The number of halogens is 4. The van der Waals surface area contributed by atoms with Gasteiger partial charge < -0.3 is 9.47 Å². The van der Waals surface area contributed by atoms with E-state index in [1.165, 1.54) is 0 Å². The van der Waals surface area contributed by atoms with Crippen LogP contribution in [0.4, 0.5) is 0 Å². The minimum atomic E-state index is 0.00574. The molecule has 0 saturated heterocycles. The molecule has 0 aliphatic heterocycles. The summed E-state index contributed by atoms with van der Waals surface area (Å²) >= 11 is 22.5. The molecule has 0 heterocycles. The predicted molar refractivity (Wildman–Crippen MR) is 120 cm³/mol. The third-order valence-corrected chi connectivity index (χ3v) is 4.11. The average molecular weight is 446 g/mol. The Labute approximate surface area is 179 Å². The van der Waals surface area contributed by atoms with E-state index in [4.69, 9.17) is 55.9 Å². The summed E-state index contributed by atoms with van der Waals surface area (Å²) in [4.78, 5) is 0. The summed E-state index contributed by atoms with van der Waals surface area (Å²) in [6, 6.07) is 0. The predicted octanol–water partition coefficient (Wildman–Crippen LogP) is 6.74. The number of rotatable bonds is 16. The van der Waals surface area contributed by atoms with Gasteiger partial charge in [-0.25, -0.2) is 0 Å². The smallest absolute Gasteiger partial charge is 0.0535 e. The lowest BCUT2D eigenvalue weighted by molar-refractivity contribution is 0.131. The van der Waals surface area contributed by atoms with Crippen LogP contribution in [0, 0.1) is 0 Å². The van der Waals surface area contributed by atoms with Gasteiger partial charge in [-0.3, -0.25) is 0 Å². The van der Waals surface area contributed by atoms with E-state index in [9.17, 15) is 0 Å². The van der Waals surface area contributed by atoms with Crippen molar-refractivity contribution >= 4 is 46.4 Å². The molecule has 2 nitrogen and oxygen atoms in total. The molecule has 0 aromatic heterocycles. The van der Waals surface area contributed by atoms with Gasteiger partial charge in [-0.2, -0.15) is 0 Å². The van der Waals surface area contributed by atoms with Crippen LogP contribution < -0.4 is 0 Å². The molecule has 0 saturated carbocycles. The molecule has 0 bridgehead atoms. The first-order valence-corrected chi connectivity index (χ1v) is 10.7. The molecule has 26 heavy (non-hydrogen) atoms. The molecule has 0 amide bonds. The number of alkyl halides is 4. The maximum absolute atomic E-state index is 5.79. The summed E-state index contributed by atoms with van der Waals surface area (Å²) in [6.07, 6.45) is 14.8. The summed E-state index contributed by atoms with van der Waals surface area (Å²) in [5.41, 5.74) is 0. The van der Waals surface area contributed by atoms with E-state index in [1.807, 2.05) is 24.3 Å². The largest absolute Gasteiger partial charge is 0.381 e. The van der Waals surface area contributed by atoms with Crippen molar-refractivity contribution < 1.29 is 9.47 Å². The van der Waals surface area contributed by atoms with Crippen LogP contribution in [0.1, 0.15) is 25.7 Å². The fourth-order valence-corrected chi connectivity index (χ4v) is 1.93. The van der Waals surface area contributed by atoms with E-state index >= 15 is 0 Å². The molecule has 0 fully saturated rings. The van der Waals surface area contributed by atoms with Gasteiger partial charge >= 0.3 is 0 Å². The van der Waals surface area contributed by atoms with E-state index in [-0.39, 0.29) is 10.8 Å². The van der Waals surface area contributed by atoms with E-state index in [0.717, 1.165) is 38.9 Å². The highest BCUT2D eigenvalue weighted by atomic mass is 35.5. The van der Waals surface area contributed by atoms with Gasteiger partial charge in [0, 0.05) is 25.0 Å². The van der Waals surface area contributed by atoms with Crippen LogP contribution in [0.3, 0.4) is 0 Å².